The maximum absolute atomic E-state index is 5.85. The molecule has 2 N–H and O–H groups in total. The highest BCUT2D eigenvalue weighted by molar-refractivity contribution is 14.0. The summed E-state index contributed by atoms with van der Waals surface area (Å²) in [6.07, 6.45) is 1.72. The van der Waals surface area contributed by atoms with Gasteiger partial charge in [0.1, 0.15) is 11.5 Å². The molecule has 0 atom stereocenters. The molecule has 0 radical (unpaired) electrons. The summed E-state index contributed by atoms with van der Waals surface area (Å²) in [4.78, 5) is 8.53. The number of rotatable bonds is 9. The van der Waals surface area contributed by atoms with Gasteiger partial charge in [0.25, 0.3) is 0 Å². The molecule has 0 fully saturated rings. The van der Waals surface area contributed by atoms with Gasteiger partial charge in [0.05, 0.1) is 18.8 Å². The first kappa shape index (κ1) is 25.4. The molecule has 2 aromatic heterocycles. The second-order valence-electron chi connectivity index (χ2n) is 7.16. The summed E-state index contributed by atoms with van der Waals surface area (Å²) in [5, 5.41) is 10.6. The first-order chi connectivity index (χ1) is 15.1. The fourth-order valence-electron chi connectivity index (χ4n) is 2.77. The number of hydrogen-bond donors (Lipinski definition) is 2. The number of ether oxygens (including phenoxy) is 2. The van der Waals surface area contributed by atoms with Crippen LogP contribution >= 0.6 is 24.0 Å². The average molecular weight is 551 g/mol. The minimum Gasteiger partial charge on any atom is -0.494 e. The number of pyridine rings is 1. The van der Waals surface area contributed by atoms with Crippen molar-refractivity contribution in [2.24, 2.45) is 4.99 Å². The van der Waals surface area contributed by atoms with Crippen molar-refractivity contribution < 1.29 is 14.0 Å². The highest BCUT2D eigenvalue weighted by atomic mass is 127. The normalized spacial score (nSPS) is 11.1. The molecular weight excluding hydrogens is 521 g/mol. The van der Waals surface area contributed by atoms with Gasteiger partial charge in [0, 0.05) is 31.9 Å². The topological polar surface area (TPSA) is 93.8 Å². The Bertz CT molecular complexity index is 989. The Morgan fingerprint density at radius 1 is 1.06 bits per heavy atom. The largest absolute Gasteiger partial charge is 0.494 e. The third-order valence-electron chi connectivity index (χ3n) is 4.44. The number of aromatic nitrogens is 2. The molecule has 0 saturated carbocycles. The van der Waals surface area contributed by atoms with E-state index in [0.717, 1.165) is 22.8 Å². The van der Waals surface area contributed by atoms with Gasteiger partial charge in [-0.05, 0) is 48.7 Å². The zero-order valence-corrected chi connectivity index (χ0v) is 21.1. The van der Waals surface area contributed by atoms with Crippen molar-refractivity contribution in [1.82, 2.24) is 20.8 Å². The number of nitrogens with one attached hydrogen (secondary N) is 2. The predicted molar refractivity (Wildman–Crippen MR) is 135 cm³/mol. The number of benzene rings is 1. The highest BCUT2D eigenvalue weighted by Crippen LogP contribution is 2.23. The first-order valence-electron chi connectivity index (χ1n) is 10.3. The molecule has 0 amide bonds. The zero-order valence-electron chi connectivity index (χ0n) is 18.8. The van der Waals surface area contributed by atoms with Gasteiger partial charge in [-0.25, -0.2) is 4.98 Å². The lowest BCUT2D eigenvalue weighted by molar-refractivity contribution is 0.339. The first-order valence-corrected chi connectivity index (χ1v) is 10.3. The molecule has 0 bridgehead atoms. The van der Waals surface area contributed by atoms with Crippen molar-refractivity contribution in [1.29, 1.82) is 0 Å². The number of aliphatic imine (C=N–C) groups is 1. The Hall–Kier alpha value is -2.82. The molecule has 0 saturated heterocycles. The van der Waals surface area contributed by atoms with E-state index in [1.165, 1.54) is 0 Å². The molecule has 3 aromatic rings. The van der Waals surface area contributed by atoms with Crippen molar-refractivity contribution in [3.63, 3.8) is 0 Å². The van der Waals surface area contributed by atoms with Crippen molar-refractivity contribution in [2.75, 3.05) is 13.7 Å². The van der Waals surface area contributed by atoms with Crippen LogP contribution in [0.5, 0.6) is 17.4 Å². The molecule has 9 heteroatoms. The van der Waals surface area contributed by atoms with Gasteiger partial charge < -0.3 is 24.6 Å². The molecule has 32 heavy (non-hydrogen) atoms. The number of guanidine groups is 1. The fraction of sp³-hybridized carbons (Fsp3) is 0.348. The van der Waals surface area contributed by atoms with Gasteiger partial charge in [-0.15, -0.1) is 24.0 Å². The van der Waals surface area contributed by atoms with Crippen molar-refractivity contribution in [2.45, 2.75) is 39.8 Å². The summed E-state index contributed by atoms with van der Waals surface area (Å²) < 4.78 is 16.7. The van der Waals surface area contributed by atoms with E-state index >= 15 is 0 Å². The lowest BCUT2D eigenvalue weighted by Crippen LogP contribution is -2.36. The van der Waals surface area contributed by atoms with Gasteiger partial charge in [0.15, 0.2) is 11.7 Å². The molecule has 0 aliphatic heterocycles. The van der Waals surface area contributed by atoms with Crippen molar-refractivity contribution in [3.8, 4) is 17.4 Å². The molecule has 0 unspecified atom stereocenters. The van der Waals surface area contributed by atoms with Crippen LogP contribution in [0.4, 0.5) is 0 Å². The van der Waals surface area contributed by atoms with Gasteiger partial charge in [-0.2, -0.15) is 0 Å². The SMILES string of the molecule is CCOc1ccc(Oc2cc(CNC(=NC)NCc3cc(C(C)C)no3)ccn2)cc1.I. The van der Waals surface area contributed by atoms with Crippen LogP contribution in [0.3, 0.4) is 0 Å². The van der Waals surface area contributed by atoms with Crippen LogP contribution < -0.4 is 20.1 Å². The lowest BCUT2D eigenvalue weighted by Gasteiger charge is -2.11. The second-order valence-corrected chi connectivity index (χ2v) is 7.16. The molecule has 8 nitrogen and oxygen atoms in total. The lowest BCUT2D eigenvalue weighted by atomic mass is 10.1. The predicted octanol–water partition coefficient (Wildman–Crippen LogP) is 4.87. The summed E-state index contributed by atoms with van der Waals surface area (Å²) in [5.74, 6) is 3.79. The molecule has 1 aromatic carbocycles. The van der Waals surface area contributed by atoms with E-state index in [4.69, 9.17) is 14.0 Å². The van der Waals surface area contributed by atoms with Crippen molar-refractivity contribution >= 4 is 29.9 Å². The minimum absolute atomic E-state index is 0. The Morgan fingerprint density at radius 3 is 2.44 bits per heavy atom. The third kappa shape index (κ3) is 7.70. The molecule has 0 aliphatic rings. The van der Waals surface area contributed by atoms with Gasteiger partial charge in [0.2, 0.25) is 5.88 Å². The number of halogens is 1. The summed E-state index contributed by atoms with van der Waals surface area (Å²) >= 11 is 0. The van der Waals surface area contributed by atoms with E-state index in [-0.39, 0.29) is 24.0 Å². The van der Waals surface area contributed by atoms with Crippen molar-refractivity contribution in [3.05, 3.63) is 65.7 Å². The van der Waals surface area contributed by atoms with E-state index in [9.17, 15) is 0 Å². The Morgan fingerprint density at radius 2 is 1.78 bits per heavy atom. The summed E-state index contributed by atoms with van der Waals surface area (Å²) in [6, 6.07) is 13.2. The highest BCUT2D eigenvalue weighted by Gasteiger charge is 2.08. The van der Waals surface area contributed by atoms with Gasteiger partial charge >= 0.3 is 0 Å². The molecule has 2 heterocycles. The van der Waals surface area contributed by atoms with Gasteiger partial charge in [-0.3, -0.25) is 4.99 Å². The van der Waals surface area contributed by atoms with Crippen LogP contribution in [0.25, 0.3) is 0 Å². The fourth-order valence-corrected chi connectivity index (χ4v) is 2.77. The van der Waals surface area contributed by atoms with E-state index in [1.807, 2.05) is 49.4 Å². The Kier molecular flexibility index (Phi) is 10.3. The van der Waals surface area contributed by atoms with E-state index < -0.39 is 0 Å². The molecule has 0 spiro atoms. The zero-order chi connectivity index (χ0) is 22.1. The van der Waals surface area contributed by atoms with Crippen LogP contribution in [-0.2, 0) is 13.1 Å². The number of nitrogens with zero attached hydrogens (tertiary/aromatic N) is 3. The standard InChI is InChI=1S/C23H29N5O3.HI/c1-5-29-18-6-8-19(9-7-18)30-22-12-17(10-11-25-22)14-26-23(24-4)27-15-20-13-21(16(2)3)28-31-20;/h6-13,16H,5,14-15H2,1-4H3,(H2,24,26,27);1H. The van der Waals surface area contributed by atoms with Gasteiger partial charge in [-0.1, -0.05) is 19.0 Å². The third-order valence-corrected chi connectivity index (χ3v) is 4.44. The number of hydrogen-bond acceptors (Lipinski definition) is 6. The quantitative estimate of drug-likeness (QED) is 0.223. The molecule has 3 rings (SSSR count). The van der Waals surface area contributed by atoms with Crippen LogP contribution in [0.1, 0.15) is 43.7 Å². The molecule has 0 aliphatic carbocycles. The Labute approximate surface area is 205 Å². The van der Waals surface area contributed by atoms with E-state index in [0.29, 0.717) is 43.2 Å². The van der Waals surface area contributed by atoms with Crippen LogP contribution in [0, 0.1) is 0 Å². The minimum atomic E-state index is 0. The van der Waals surface area contributed by atoms with Crippen LogP contribution in [-0.4, -0.2) is 29.8 Å². The summed E-state index contributed by atoms with van der Waals surface area (Å²) in [7, 11) is 1.72. The summed E-state index contributed by atoms with van der Waals surface area (Å²) in [6.45, 7) is 7.81. The van der Waals surface area contributed by atoms with Crippen LogP contribution in [0.2, 0.25) is 0 Å². The average Bonchev–Trinajstić information content (AvgIpc) is 3.25. The van der Waals surface area contributed by atoms with E-state index in [2.05, 4.69) is 39.6 Å². The smallest absolute Gasteiger partial charge is 0.219 e. The summed E-state index contributed by atoms with van der Waals surface area (Å²) in [5.41, 5.74) is 1.96. The maximum Gasteiger partial charge on any atom is 0.219 e. The molecule has 172 valence electrons. The maximum atomic E-state index is 5.85. The van der Waals surface area contributed by atoms with Crippen LogP contribution in [0.15, 0.2) is 58.2 Å². The monoisotopic (exact) mass is 551 g/mol. The molecular formula is C23H30IN5O3. The second kappa shape index (κ2) is 12.9. The Balaban J connectivity index is 0.00000363. The van der Waals surface area contributed by atoms with E-state index in [1.54, 1.807) is 13.2 Å².